The van der Waals surface area contributed by atoms with Crippen molar-refractivity contribution in [2.24, 2.45) is 46.3 Å². The number of hydrogen-bond donors (Lipinski definition) is 9. The molecule has 0 amide bonds. The third kappa shape index (κ3) is 6.82. The van der Waals surface area contributed by atoms with Gasteiger partial charge in [-0.15, -0.1) is 0 Å². The van der Waals surface area contributed by atoms with Gasteiger partial charge in [-0.05, 0) is 79.4 Å². The fraction of sp³-hybridized carbons (Fsp3) is 1.00. The van der Waals surface area contributed by atoms with Crippen LogP contribution in [0.4, 0.5) is 0 Å². The second kappa shape index (κ2) is 15.4. The molecular weight excluding hydrogens is 680 g/mol. The van der Waals surface area contributed by atoms with E-state index in [1.807, 2.05) is 20.8 Å². The van der Waals surface area contributed by atoms with Gasteiger partial charge in [0, 0.05) is 25.4 Å². The highest BCUT2D eigenvalue weighted by Gasteiger charge is 2.71. The smallest absolute Gasteiger partial charge is 0.187 e. The van der Waals surface area contributed by atoms with Crippen molar-refractivity contribution in [3.05, 3.63) is 0 Å². The standard InChI is InChI=1S/C38H66O14/c1-17(2)24(50-34-30(46)31(25(15-39)51-34)52-35-32(48-6)29(45)23(43)16-49-35)8-7-18(3)19-13-21(41)33-36(19,4)12-10-26-37(5)11-9-20(40)28(44)27(37)22(42)14-38(26,33)47/h17-35,39-47H,7-16H2,1-6H3/t18-,19-,20+,21+,22-,23-,24-,25+,26-,27+,28+,29+,30-,31+,32-,33-,34-,35+,36-,37-,38+/m1/s1. The van der Waals surface area contributed by atoms with Gasteiger partial charge in [0.15, 0.2) is 12.6 Å². The first kappa shape index (κ1) is 41.1. The molecule has 2 heterocycles. The molecule has 0 bridgehead atoms. The van der Waals surface area contributed by atoms with E-state index in [0.29, 0.717) is 32.1 Å². The summed E-state index contributed by atoms with van der Waals surface area (Å²) in [5.74, 6) is -0.911. The minimum Gasteiger partial charge on any atom is -0.394 e. The van der Waals surface area contributed by atoms with Gasteiger partial charge >= 0.3 is 0 Å². The molecule has 2 saturated heterocycles. The number of ether oxygens (including phenoxy) is 5. The summed E-state index contributed by atoms with van der Waals surface area (Å²) in [5.41, 5.74) is -2.26. The number of hydrogen-bond acceptors (Lipinski definition) is 14. The molecule has 4 aliphatic carbocycles. The Morgan fingerprint density at radius 2 is 1.48 bits per heavy atom. The SMILES string of the molecule is CO[C@H]1[C@H](O[C@@H]2[C@@H](O)[C@H](O[C@H](CC[C@@H](C)[C@H]3C[C@H](O)[C@@H]4[C@]3(C)CC[C@@H]3[C@@]5(C)CC[C@H](O)[C@H](O)[C@@H]5[C@H](O)C[C@]34O)C(C)C)O[C@H]2CO)OC[C@@H](O)[C@@H]1O. The van der Waals surface area contributed by atoms with E-state index in [2.05, 4.69) is 13.8 Å². The molecule has 302 valence electrons. The maximum absolute atomic E-state index is 12.6. The maximum atomic E-state index is 12.6. The molecule has 0 aromatic carbocycles. The zero-order chi connectivity index (χ0) is 38.1. The van der Waals surface area contributed by atoms with E-state index < -0.39 is 103 Å². The predicted octanol–water partition coefficient (Wildman–Crippen LogP) is 0.0474. The molecule has 0 aromatic rings. The van der Waals surface area contributed by atoms with Crippen LogP contribution in [-0.4, -0.2) is 152 Å². The summed E-state index contributed by atoms with van der Waals surface area (Å²) in [7, 11) is 1.35. The summed E-state index contributed by atoms with van der Waals surface area (Å²) in [5, 5.41) is 98.9. The van der Waals surface area contributed by atoms with Crippen LogP contribution in [-0.2, 0) is 23.7 Å². The fourth-order valence-corrected chi connectivity index (χ4v) is 12.3. The lowest BCUT2D eigenvalue weighted by molar-refractivity contribution is -0.296. The number of rotatable bonds is 11. The van der Waals surface area contributed by atoms with Crippen molar-refractivity contribution in [1.82, 2.24) is 0 Å². The van der Waals surface area contributed by atoms with Gasteiger partial charge in [0.2, 0.25) is 0 Å². The van der Waals surface area contributed by atoms with E-state index in [1.54, 1.807) is 0 Å². The monoisotopic (exact) mass is 746 g/mol. The molecule has 0 aromatic heterocycles. The van der Waals surface area contributed by atoms with Crippen molar-refractivity contribution in [2.75, 3.05) is 20.3 Å². The van der Waals surface area contributed by atoms with Gasteiger partial charge in [-0.25, -0.2) is 0 Å². The molecule has 0 spiro atoms. The second-order valence-corrected chi connectivity index (χ2v) is 18.1. The molecule has 6 aliphatic rings. The zero-order valence-electron chi connectivity index (χ0n) is 31.6. The molecule has 52 heavy (non-hydrogen) atoms. The summed E-state index contributed by atoms with van der Waals surface area (Å²) in [6.07, 6.45) is -8.50. The Hall–Kier alpha value is -0.560. The van der Waals surface area contributed by atoms with Gasteiger partial charge in [0.1, 0.15) is 36.6 Å². The quantitative estimate of drug-likeness (QED) is 0.136. The lowest BCUT2D eigenvalue weighted by Gasteiger charge is -2.66. The van der Waals surface area contributed by atoms with E-state index in [1.165, 1.54) is 7.11 Å². The van der Waals surface area contributed by atoms with Crippen LogP contribution in [0.5, 0.6) is 0 Å². The number of fused-ring (bicyclic) bond motifs is 5. The molecule has 14 nitrogen and oxygen atoms in total. The highest BCUT2D eigenvalue weighted by molar-refractivity contribution is 5.21. The Kier molecular flexibility index (Phi) is 12.2. The van der Waals surface area contributed by atoms with Crippen LogP contribution < -0.4 is 0 Å². The topological polar surface area (TPSA) is 228 Å². The molecule has 14 heteroatoms. The molecule has 6 rings (SSSR count). The maximum Gasteiger partial charge on any atom is 0.187 e. The van der Waals surface area contributed by atoms with Gasteiger partial charge in [-0.2, -0.15) is 0 Å². The minimum atomic E-state index is -1.31. The van der Waals surface area contributed by atoms with Crippen molar-refractivity contribution in [3.63, 3.8) is 0 Å². The summed E-state index contributed by atoms with van der Waals surface area (Å²) in [6, 6.07) is 0. The first-order chi connectivity index (χ1) is 24.4. The summed E-state index contributed by atoms with van der Waals surface area (Å²) >= 11 is 0. The van der Waals surface area contributed by atoms with Crippen LogP contribution in [0.25, 0.3) is 0 Å². The molecule has 2 aliphatic heterocycles. The van der Waals surface area contributed by atoms with E-state index in [9.17, 15) is 46.0 Å². The average Bonchev–Trinajstić information content (AvgIpc) is 3.53. The van der Waals surface area contributed by atoms with Crippen LogP contribution in [0.1, 0.15) is 86.0 Å². The molecule has 9 N–H and O–H groups in total. The van der Waals surface area contributed by atoms with E-state index >= 15 is 0 Å². The molecule has 0 unspecified atom stereocenters. The lowest BCUT2D eigenvalue weighted by Crippen LogP contribution is -2.70. The molecule has 0 radical (unpaired) electrons. The number of aliphatic hydroxyl groups is 9. The third-order valence-electron chi connectivity index (χ3n) is 14.9. The Morgan fingerprint density at radius 3 is 2.13 bits per heavy atom. The van der Waals surface area contributed by atoms with Gasteiger partial charge in [0.05, 0.1) is 49.3 Å². The van der Waals surface area contributed by atoms with Crippen molar-refractivity contribution in [3.8, 4) is 0 Å². The van der Waals surface area contributed by atoms with Gasteiger partial charge < -0.3 is 69.6 Å². The average molecular weight is 747 g/mol. The normalized spacial score (nSPS) is 53.3. The van der Waals surface area contributed by atoms with Crippen molar-refractivity contribution >= 4 is 0 Å². The van der Waals surface area contributed by atoms with Gasteiger partial charge in [-0.3, -0.25) is 0 Å². The van der Waals surface area contributed by atoms with Gasteiger partial charge in [-0.1, -0.05) is 34.6 Å². The first-order valence-electron chi connectivity index (χ1n) is 19.6. The van der Waals surface area contributed by atoms with Crippen molar-refractivity contribution < 1.29 is 69.6 Å². The Balaban J connectivity index is 1.11. The molecule has 4 saturated carbocycles. The molecule has 6 fully saturated rings. The predicted molar refractivity (Wildman–Crippen MR) is 184 cm³/mol. The van der Waals surface area contributed by atoms with E-state index in [0.717, 1.165) is 12.8 Å². The minimum absolute atomic E-state index is 0.0437. The Morgan fingerprint density at radius 1 is 0.788 bits per heavy atom. The largest absolute Gasteiger partial charge is 0.394 e. The first-order valence-corrected chi connectivity index (χ1v) is 19.6. The second-order valence-electron chi connectivity index (χ2n) is 18.1. The van der Waals surface area contributed by atoms with Crippen molar-refractivity contribution in [1.29, 1.82) is 0 Å². The zero-order valence-corrected chi connectivity index (χ0v) is 31.6. The molecular formula is C38H66O14. The summed E-state index contributed by atoms with van der Waals surface area (Å²) < 4.78 is 29.2. The summed E-state index contributed by atoms with van der Waals surface area (Å²) in [4.78, 5) is 0. The number of aliphatic hydroxyl groups excluding tert-OH is 8. The summed E-state index contributed by atoms with van der Waals surface area (Å²) in [6.45, 7) is 9.80. The Labute approximate surface area is 307 Å². The van der Waals surface area contributed by atoms with Gasteiger partial charge in [0.25, 0.3) is 0 Å². The van der Waals surface area contributed by atoms with E-state index in [4.69, 9.17) is 23.7 Å². The lowest BCUT2D eigenvalue weighted by atomic mass is 9.41. The molecule has 21 atom stereocenters. The fourth-order valence-electron chi connectivity index (χ4n) is 12.3. The van der Waals surface area contributed by atoms with Crippen LogP contribution >= 0.6 is 0 Å². The van der Waals surface area contributed by atoms with E-state index in [-0.39, 0.29) is 48.2 Å². The van der Waals surface area contributed by atoms with Crippen molar-refractivity contribution in [2.45, 2.75) is 171 Å². The third-order valence-corrected chi connectivity index (χ3v) is 14.9. The van der Waals surface area contributed by atoms with Crippen LogP contribution in [0.3, 0.4) is 0 Å². The highest BCUT2D eigenvalue weighted by atomic mass is 16.8. The van der Waals surface area contributed by atoms with Crippen LogP contribution in [0.15, 0.2) is 0 Å². The van der Waals surface area contributed by atoms with Crippen LogP contribution in [0, 0.1) is 46.3 Å². The van der Waals surface area contributed by atoms with Crippen LogP contribution in [0.2, 0.25) is 0 Å². The number of methoxy groups -OCH3 is 1. The Bertz CT molecular complexity index is 1210. The highest BCUT2D eigenvalue weighted by Crippen LogP contribution is 2.70.